The molecule has 28 heavy (non-hydrogen) atoms. The highest BCUT2D eigenvalue weighted by molar-refractivity contribution is 5.90. The summed E-state index contributed by atoms with van der Waals surface area (Å²) in [5, 5.41) is 12.6. The molecule has 1 N–H and O–H groups in total. The number of fused-ring (bicyclic) bond motifs is 1. The molecule has 1 nitrogen and oxygen atoms in total. The van der Waals surface area contributed by atoms with E-state index in [9.17, 15) is 9.50 Å². The van der Waals surface area contributed by atoms with Crippen LogP contribution in [0.5, 0.6) is 5.75 Å². The number of aromatic hydroxyl groups is 1. The molecular formula is C26H19FO. The second-order valence-corrected chi connectivity index (χ2v) is 6.78. The van der Waals surface area contributed by atoms with E-state index in [1.54, 1.807) is 12.1 Å². The molecule has 2 heteroatoms. The zero-order chi connectivity index (χ0) is 19.3. The molecule has 4 aromatic carbocycles. The average Bonchev–Trinajstić information content (AvgIpc) is 2.73. The molecule has 4 rings (SSSR count). The third-order valence-corrected chi connectivity index (χ3v) is 4.75. The summed E-state index contributed by atoms with van der Waals surface area (Å²) in [5.41, 5.74) is 3.88. The van der Waals surface area contributed by atoms with E-state index in [0.717, 1.165) is 33.0 Å². The van der Waals surface area contributed by atoms with Crippen molar-refractivity contribution in [2.45, 2.75) is 12.8 Å². The Bertz CT molecular complexity index is 1170. The largest absolute Gasteiger partial charge is 0.507 e. The second kappa shape index (κ2) is 7.98. The molecule has 0 fully saturated rings. The van der Waals surface area contributed by atoms with E-state index < -0.39 is 0 Å². The number of hydrogen-bond donors (Lipinski definition) is 1. The van der Waals surface area contributed by atoms with Gasteiger partial charge in [-0.05, 0) is 46.3 Å². The molecule has 0 aromatic heterocycles. The van der Waals surface area contributed by atoms with Gasteiger partial charge >= 0.3 is 0 Å². The summed E-state index contributed by atoms with van der Waals surface area (Å²) >= 11 is 0. The Morgan fingerprint density at radius 2 is 1.54 bits per heavy atom. The fraction of sp³-hybridized carbons (Fsp3) is 0.0769. The SMILES string of the molecule is Oc1c(Cc2ccccc2)ccc2ccc(C#CCc3ccc(F)cc3)cc12. The highest BCUT2D eigenvalue weighted by Gasteiger charge is 2.08. The van der Waals surface area contributed by atoms with Gasteiger partial charge in [-0.1, -0.05) is 72.5 Å². The summed E-state index contributed by atoms with van der Waals surface area (Å²) < 4.78 is 13.0. The monoisotopic (exact) mass is 366 g/mol. The van der Waals surface area contributed by atoms with Gasteiger partial charge in [0.2, 0.25) is 0 Å². The predicted molar refractivity (Wildman–Crippen MR) is 112 cm³/mol. The first kappa shape index (κ1) is 17.8. The first-order valence-electron chi connectivity index (χ1n) is 9.21. The fourth-order valence-corrected chi connectivity index (χ4v) is 3.24. The molecule has 0 aliphatic carbocycles. The summed E-state index contributed by atoms with van der Waals surface area (Å²) in [6, 6.07) is 26.3. The van der Waals surface area contributed by atoms with E-state index >= 15 is 0 Å². The van der Waals surface area contributed by atoms with Crippen molar-refractivity contribution in [3.05, 3.63) is 113 Å². The average molecular weight is 366 g/mol. The molecule has 4 aromatic rings. The molecular weight excluding hydrogens is 347 g/mol. The van der Waals surface area contributed by atoms with Gasteiger partial charge in [0.05, 0.1) is 0 Å². The van der Waals surface area contributed by atoms with E-state index in [0.29, 0.717) is 18.6 Å². The molecule has 0 amide bonds. The summed E-state index contributed by atoms with van der Waals surface area (Å²) in [7, 11) is 0. The van der Waals surface area contributed by atoms with E-state index in [1.807, 2.05) is 48.5 Å². The maximum absolute atomic E-state index is 13.0. The molecule has 0 saturated heterocycles. The van der Waals surface area contributed by atoms with Gasteiger partial charge in [0.25, 0.3) is 0 Å². The highest BCUT2D eigenvalue weighted by atomic mass is 19.1. The smallest absolute Gasteiger partial charge is 0.126 e. The van der Waals surface area contributed by atoms with Crippen LogP contribution in [0, 0.1) is 17.7 Å². The third kappa shape index (κ3) is 4.05. The Morgan fingerprint density at radius 3 is 2.32 bits per heavy atom. The Kier molecular flexibility index (Phi) is 5.08. The second-order valence-electron chi connectivity index (χ2n) is 6.78. The maximum Gasteiger partial charge on any atom is 0.126 e. The lowest BCUT2D eigenvalue weighted by atomic mass is 9.98. The van der Waals surface area contributed by atoms with Crippen molar-refractivity contribution in [2.75, 3.05) is 0 Å². The van der Waals surface area contributed by atoms with Crippen LogP contribution >= 0.6 is 0 Å². The number of rotatable bonds is 3. The van der Waals surface area contributed by atoms with Gasteiger partial charge in [-0.2, -0.15) is 0 Å². The van der Waals surface area contributed by atoms with Gasteiger partial charge in [0.1, 0.15) is 11.6 Å². The summed E-state index contributed by atoms with van der Waals surface area (Å²) in [5.74, 6) is 6.33. The first-order chi connectivity index (χ1) is 13.7. The number of halogens is 1. The normalized spacial score (nSPS) is 10.5. The molecule has 0 atom stereocenters. The zero-order valence-electron chi connectivity index (χ0n) is 15.3. The number of phenolic OH excluding ortho intramolecular Hbond substituents is 1. The topological polar surface area (TPSA) is 20.2 Å². The minimum atomic E-state index is -0.243. The summed E-state index contributed by atoms with van der Waals surface area (Å²) in [6.45, 7) is 0. The first-order valence-corrected chi connectivity index (χ1v) is 9.21. The molecule has 0 aliphatic rings. The van der Waals surface area contributed by atoms with E-state index in [2.05, 4.69) is 24.0 Å². The molecule has 0 heterocycles. The fourth-order valence-electron chi connectivity index (χ4n) is 3.24. The van der Waals surface area contributed by atoms with Gasteiger partial charge in [-0.3, -0.25) is 0 Å². The number of phenols is 1. The zero-order valence-corrected chi connectivity index (χ0v) is 15.3. The molecule has 0 unspecified atom stereocenters. The highest BCUT2D eigenvalue weighted by Crippen LogP contribution is 2.31. The Hall–Kier alpha value is -3.57. The van der Waals surface area contributed by atoms with Crippen LogP contribution in [0.25, 0.3) is 10.8 Å². The van der Waals surface area contributed by atoms with Gasteiger partial charge in [-0.25, -0.2) is 4.39 Å². The van der Waals surface area contributed by atoms with Crippen molar-refractivity contribution in [2.24, 2.45) is 0 Å². The van der Waals surface area contributed by atoms with Crippen molar-refractivity contribution in [1.29, 1.82) is 0 Å². The summed E-state index contributed by atoms with van der Waals surface area (Å²) in [6.07, 6.45) is 1.24. The van der Waals surface area contributed by atoms with Gasteiger partial charge in [0.15, 0.2) is 0 Å². The molecule has 0 bridgehead atoms. The Morgan fingerprint density at radius 1 is 0.786 bits per heavy atom. The van der Waals surface area contributed by atoms with Crippen molar-refractivity contribution in [3.63, 3.8) is 0 Å². The molecule has 0 aliphatic heterocycles. The van der Waals surface area contributed by atoms with Crippen LogP contribution in [0.3, 0.4) is 0 Å². The number of benzene rings is 4. The van der Waals surface area contributed by atoms with Crippen LogP contribution in [0.1, 0.15) is 22.3 Å². The van der Waals surface area contributed by atoms with E-state index in [1.165, 1.54) is 12.1 Å². The molecule has 0 saturated carbocycles. The van der Waals surface area contributed by atoms with Crippen LogP contribution in [-0.4, -0.2) is 5.11 Å². The quantitative estimate of drug-likeness (QED) is 0.450. The lowest BCUT2D eigenvalue weighted by molar-refractivity contribution is 0.476. The molecule has 0 spiro atoms. The maximum atomic E-state index is 13.0. The molecule has 136 valence electrons. The Balaban J connectivity index is 1.60. The van der Waals surface area contributed by atoms with Crippen molar-refractivity contribution in [3.8, 4) is 17.6 Å². The lowest BCUT2D eigenvalue weighted by Gasteiger charge is -2.09. The van der Waals surface area contributed by atoms with Crippen molar-refractivity contribution in [1.82, 2.24) is 0 Å². The van der Waals surface area contributed by atoms with Crippen LogP contribution in [0.15, 0.2) is 84.9 Å². The van der Waals surface area contributed by atoms with Crippen molar-refractivity contribution >= 4 is 10.8 Å². The minimum absolute atomic E-state index is 0.243. The molecule has 0 radical (unpaired) electrons. The predicted octanol–water partition coefficient (Wildman–Crippen LogP) is 5.87. The van der Waals surface area contributed by atoms with Crippen LogP contribution < -0.4 is 0 Å². The van der Waals surface area contributed by atoms with Crippen LogP contribution in [-0.2, 0) is 12.8 Å². The van der Waals surface area contributed by atoms with Crippen LogP contribution in [0.2, 0.25) is 0 Å². The van der Waals surface area contributed by atoms with Gasteiger partial charge < -0.3 is 5.11 Å². The number of hydrogen-bond acceptors (Lipinski definition) is 1. The van der Waals surface area contributed by atoms with Crippen LogP contribution in [0.4, 0.5) is 4.39 Å². The van der Waals surface area contributed by atoms with Crippen molar-refractivity contribution < 1.29 is 9.50 Å². The third-order valence-electron chi connectivity index (χ3n) is 4.75. The lowest BCUT2D eigenvalue weighted by Crippen LogP contribution is -1.90. The van der Waals surface area contributed by atoms with E-state index in [-0.39, 0.29) is 5.82 Å². The standard InChI is InChI=1S/C26H19FO/c27-24-15-10-19(11-16-24)7-4-8-21-9-12-22-13-14-23(26(28)25(22)18-21)17-20-5-2-1-3-6-20/h1-3,5-6,9-16,18,28H,7,17H2. The van der Waals surface area contributed by atoms with E-state index in [4.69, 9.17) is 0 Å². The van der Waals surface area contributed by atoms with Gasteiger partial charge in [0, 0.05) is 23.8 Å². The summed E-state index contributed by atoms with van der Waals surface area (Å²) in [4.78, 5) is 0. The van der Waals surface area contributed by atoms with Gasteiger partial charge in [-0.15, -0.1) is 0 Å². The minimum Gasteiger partial charge on any atom is -0.507 e. The Labute approximate surface area is 164 Å².